The van der Waals surface area contributed by atoms with Crippen LogP contribution >= 0.6 is 11.8 Å². The van der Waals surface area contributed by atoms with Crippen molar-refractivity contribution in [2.24, 2.45) is 0 Å². The summed E-state index contributed by atoms with van der Waals surface area (Å²) >= 11 is 1.81. The molecule has 0 atom stereocenters. The molecule has 0 radical (unpaired) electrons. The molecule has 1 saturated heterocycles. The van der Waals surface area contributed by atoms with Crippen LogP contribution in [0.2, 0.25) is 0 Å². The molecule has 4 rings (SSSR count). The Labute approximate surface area is 167 Å². The number of carbonyl (C=O) groups excluding carboxylic acids is 1. The van der Waals surface area contributed by atoms with E-state index in [0.717, 1.165) is 29.4 Å². The van der Waals surface area contributed by atoms with Crippen LogP contribution in [-0.2, 0) is 4.74 Å². The first-order valence-electron chi connectivity index (χ1n) is 9.05. The van der Waals surface area contributed by atoms with Gasteiger partial charge in [-0.1, -0.05) is 6.07 Å². The van der Waals surface area contributed by atoms with Crippen LogP contribution in [0.4, 0.5) is 5.95 Å². The van der Waals surface area contributed by atoms with Gasteiger partial charge in [0.15, 0.2) is 0 Å². The predicted octanol–water partition coefficient (Wildman–Crippen LogP) is 3.30. The van der Waals surface area contributed by atoms with Crippen molar-refractivity contribution < 1.29 is 9.53 Å². The third-order valence-electron chi connectivity index (χ3n) is 5.06. The van der Waals surface area contributed by atoms with Gasteiger partial charge in [-0.2, -0.15) is 0 Å². The minimum atomic E-state index is -0.444. The van der Waals surface area contributed by atoms with E-state index in [1.165, 1.54) is 12.7 Å². The number of hydrogen-bond donors (Lipinski definition) is 0. The normalized spacial score (nSPS) is 13.9. The molecule has 0 saturated carbocycles. The lowest BCUT2D eigenvalue weighted by atomic mass is 10.1. The Kier molecular flexibility index (Phi) is 4.85. The summed E-state index contributed by atoms with van der Waals surface area (Å²) in [6.07, 6.45) is 0. The molecule has 2 heterocycles. The summed E-state index contributed by atoms with van der Waals surface area (Å²) in [4.78, 5) is 32.2. The van der Waals surface area contributed by atoms with E-state index in [-0.39, 0.29) is 5.56 Å². The molecule has 6 nitrogen and oxygen atoms in total. The average molecular weight is 395 g/mol. The maximum absolute atomic E-state index is 13.4. The zero-order chi connectivity index (χ0) is 19.8. The zero-order valence-electron chi connectivity index (χ0n) is 16.1. The van der Waals surface area contributed by atoms with Crippen LogP contribution < -0.4 is 10.5 Å². The fourth-order valence-corrected chi connectivity index (χ4v) is 4.24. The van der Waals surface area contributed by atoms with Crippen molar-refractivity contribution >= 4 is 34.6 Å². The van der Waals surface area contributed by atoms with Gasteiger partial charge in [0, 0.05) is 12.3 Å². The molecular formula is C21H21N3O3S. The van der Waals surface area contributed by atoms with Crippen molar-refractivity contribution in [1.29, 1.82) is 0 Å². The number of fused-ring (bicyclic) bond motifs is 1. The minimum Gasteiger partial charge on any atom is -0.465 e. The van der Waals surface area contributed by atoms with Crippen LogP contribution in [0.1, 0.15) is 21.5 Å². The monoisotopic (exact) mass is 395 g/mol. The Balaban J connectivity index is 2.00. The standard InChI is InChI=1S/C21H21N3O3S/c1-13-4-6-16(10-14(13)2)24-19(25)17-7-5-15(20(26)27-3)11-18(17)22-21(24)23-8-9-28-12-23/h4-7,10-11H,8-9,12H2,1-3H3. The largest absolute Gasteiger partial charge is 0.465 e. The number of nitrogens with zero attached hydrogens (tertiary/aromatic N) is 3. The van der Waals surface area contributed by atoms with E-state index in [1.807, 2.05) is 32.0 Å². The smallest absolute Gasteiger partial charge is 0.337 e. The molecule has 0 unspecified atom stereocenters. The van der Waals surface area contributed by atoms with Gasteiger partial charge in [0.1, 0.15) is 0 Å². The molecule has 0 amide bonds. The van der Waals surface area contributed by atoms with Gasteiger partial charge in [-0.25, -0.2) is 14.3 Å². The summed E-state index contributed by atoms with van der Waals surface area (Å²) in [7, 11) is 1.34. The van der Waals surface area contributed by atoms with Crippen LogP contribution in [0, 0.1) is 13.8 Å². The number of methoxy groups -OCH3 is 1. The first kappa shape index (κ1) is 18.6. The Morgan fingerprint density at radius 1 is 1.14 bits per heavy atom. The first-order chi connectivity index (χ1) is 13.5. The van der Waals surface area contributed by atoms with E-state index in [4.69, 9.17) is 9.72 Å². The van der Waals surface area contributed by atoms with Gasteiger partial charge in [0.05, 0.1) is 35.1 Å². The molecule has 0 N–H and O–H groups in total. The Bertz CT molecular complexity index is 1130. The van der Waals surface area contributed by atoms with E-state index < -0.39 is 5.97 Å². The fraction of sp³-hybridized carbons (Fsp3) is 0.286. The van der Waals surface area contributed by atoms with E-state index in [0.29, 0.717) is 22.4 Å². The van der Waals surface area contributed by atoms with E-state index in [2.05, 4.69) is 4.90 Å². The molecule has 0 bridgehead atoms. The molecule has 2 aromatic carbocycles. The summed E-state index contributed by atoms with van der Waals surface area (Å²) in [5, 5.41) is 0.474. The molecule has 144 valence electrons. The molecule has 1 aliphatic rings. The maximum atomic E-state index is 13.4. The van der Waals surface area contributed by atoms with Crippen LogP contribution in [-0.4, -0.2) is 40.8 Å². The van der Waals surface area contributed by atoms with E-state index in [9.17, 15) is 9.59 Å². The molecule has 0 spiro atoms. The van der Waals surface area contributed by atoms with Gasteiger partial charge >= 0.3 is 5.97 Å². The van der Waals surface area contributed by atoms with Crippen LogP contribution in [0.5, 0.6) is 0 Å². The number of ether oxygens (including phenoxy) is 1. The highest BCUT2D eigenvalue weighted by atomic mass is 32.2. The van der Waals surface area contributed by atoms with Gasteiger partial charge < -0.3 is 9.64 Å². The molecule has 28 heavy (non-hydrogen) atoms. The number of thioether (sulfide) groups is 1. The number of anilines is 1. The van der Waals surface area contributed by atoms with Gasteiger partial charge in [0.25, 0.3) is 5.56 Å². The highest BCUT2D eigenvalue weighted by Crippen LogP contribution is 2.26. The lowest BCUT2D eigenvalue weighted by Gasteiger charge is -2.22. The van der Waals surface area contributed by atoms with E-state index in [1.54, 1.807) is 34.5 Å². The van der Waals surface area contributed by atoms with Crippen LogP contribution in [0.15, 0.2) is 41.2 Å². The summed E-state index contributed by atoms with van der Waals surface area (Å²) in [6, 6.07) is 10.9. The van der Waals surface area contributed by atoms with Gasteiger partial charge in [-0.15, -0.1) is 11.8 Å². The molecule has 1 fully saturated rings. The second-order valence-corrected chi connectivity index (χ2v) is 7.92. The topological polar surface area (TPSA) is 64.4 Å². The second-order valence-electron chi connectivity index (χ2n) is 6.85. The third kappa shape index (κ3) is 3.16. The summed E-state index contributed by atoms with van der Waals surface area (Å²) in [5.41, 5.74) is 3.83. The summed E-state index contributed by atoms with van der Waals surface area (Å²) < 4.78 is 6.48. The number of benzene rings is 2. The lowest BCUT2D eigenvalue weighted by Crippen LogP contribution is -2.30. The van der Waals surface area contributed by atoms with Crippen molar-refractivity contribution in [3.05, 3.63) is 63.4 Å². The SMILES string of the molecule is COC(=O)c1ccc2c(=O)n(-c3ccc(C)c(C)c3)c(N3CCSC3)nc2c1. The van der Waals surface area contributed by atoms with Crippen molar-refractivity contribution in [2.45, 2.75) is 13.8 Å². The Morgan fingerprint density at radius 3 is 2.64 bits per heavy atom. The number of esters is 1. The first-order valence-corrected chi connectivity index (χ1v) is 10.2. The number of hydrogen-bond acceptors (Lipinski definition) is 6. The zero-order valence-corrected chi connectivity index (χ0v) is 16.9. The van der Waals surface area contributed by atoms with Gasteiger partial charge in [0.2, 0.25) is 5.95 Å². The van der Waals surface area contributed by atoms with Gasteiger partial charge in [-0.3, -0.25) is 4.79 Å². The lowest BCUT2D eigenvalue weighted by molar-refractivity contribution is 0.0601. The highest BCUT2D eigenvalue weighted by molar-refractivity contribution is 7.99. The third-order valence-corrected chi connectivity index (χ3v) is 6.02. The van der Waals surface area contributed by atoms with Crippen molar-refractivity contribution in [1.82, 2.24) is 9.55 Å². The number of rotatable bonds is 3. The van der Waals surface area contributed by atoms with E-state index >= 15 is 0 Å². The minimum absolute atomic E-state index is 0.142. The van der Waals surface area contributed by atoms with Crippen LogP contribution in [0.3, 0.4) is 0 Å². The molecule has 1 aromatic heterocycles. The number of carbonyl (C=O) groups is 1. The quantitative estimate of drug-likeness (QED) is 0.634. The van der Waals surface area contributed by atoms with Crippen LogP contribution in [0.25, 0.3) is 16.6 Å². The Hall–Kier alpha value is -2.80. The van der Waals surface area contributed by atoms with Gasteiger partial charge in [-0.05, 0) is 55.3 Å². The summed E-state index contributed by atoms with van der Waals surface area (Å²) in [6.45, 7) is 4.91. The Morgan fingerprint density at radius 2 is 1.96 bits per heavy atom. The number of aromatic nitrogens is 2. The predicted molar refractivity (Wildman–Crippen MR) is 113 cm³/mol. The average Bonchev–Trinajstić information content (AvgIpc) is 3.24. The van der Waals surface area contributed by atoms with Crippen molar-refractivity contribution in [2.75, 3.05) is 30.2 Å². The van der Waals surface area contributed by atoms with Crippen molar-refractivity contribution in [3.8, 4) is 5.69 Å². The fourth-order valence-electron chi connectivity index (χ4n) is 3.30. The highest BCUT2D eigenvalue weighted by Gasteiger charge is 2.22. The maximum Gasteiger partial charge on any atom is 0.337 e. The molecule has 7 heteroatoms. The molecule has 1 aliphatic heterocycles. The summed E-state index contributed by atoms with van der Waals surface area (Å²) in [5.74, 6) is 1.93. The second kappa shape index (κ2) is 7.31. The molecule has 3 aromatic rings. The number of aryl methyl sites for hydroxylation is 2. The van der Waals surface area contributed by atoms with Crippen molar-refractivity contribution in [3.63, 3.8) is 0 Å². The molecular weight excluding hydrogens is 374 g/mol. The molecule has 0 aliphatic carbocycles.